The summed E-state index contributed by atoms with van der Waals surface area (Å²) in [6, 6.07) is 19.5. The Bertz CT molecular complexity index is 1460. The number of aromatic nitrogens is 2. The highest BCUT2D eigenvalue weighted by molar-refractivity contribution is 6.30. The third kappa shape index (κ3) is 5.16. The average molecular weight is 488 g/mol. The molecule has 0 aliphatic heterocycles. The molecule has 0 N–H and O–H groups in total. The zero-order chi connectivity index (χ0) is 24.8. The molecule has 8 nitrogen and oxygen atoms in total. The third-order valence-corrected chi connectivity index (χ3v) is 5.12. The van der Waals surface area contributed by atoms with E-state index in [1.807, 2.05) is 24.3 Å². The zero-order valence-corrected chi connectivity index (χ0v) is 19.4. The molecule has 4 aromatic rings. The molecular weight excluding hydrogens is 470 g/mol. The Kier molecular flexibility index (Phi) is 7.10. The molecular formula is C26H18ClN3O5. The number of nitrogens with zero attached hydrogens (tertiary/aromatic N) is 3. The van der Waals surface area contributed by atoms with Gasteiger partial charge in [-0.2, -0.15) is 5.26 Å². The molecule has 2 heterocycles. The standard InChI is InChI=1S/C26H18ClN3O5/c1-32-15-22(26(31)33-2)20-8-3-4-9-21(20)23-12-24(35-30-23)16-6-5-7-19(11-16)34-25-17(13-28)10-18(27)14-29-25/h3-12,14-15H,1-2H3/b22-15-. The Labute approximate surface area is 205 Å². The van der Waals surface area contributed by atoms with Crippen LogP contribution in [0, 0.1) is 11.3 Å². The van der Waals surface area contributed by atoms with Gasteiger partial charge in [0.05, 0.1) is 25.5 Å². The first kappa shape index (κ1) is 23.5. The number of ether oxygens (including phenoxy) is 3. The number of pyridine rings is 1. The van der Waals surface area contributed by atoms with Crippen LogP contribution in [0.15, 0.2) is 77.6 Å². The fourth-order valence-corrected chi connectivity index (χ4v) is 3.50. The number of hydrogen-bond donors (Lipinski definition) is 0. The zero-order valence-electron chi connectivity index (χ0n) is 18.7. The SMILES string of the molecule is CO/C=C(\C(=O)OC)c1ccccc1-c1cc(-c2cccc(Oc3ncc(Cl)cc3C#N)c2)on1. The second-order valence-corrected chi connectivity index (χ2v) is 7.57. The van der Waals surface area contributed by atoms with Crippen molar-refractivity contribution in [3.63, 3.8) is 0 Å². The van der Waals surface area contributed by atoms with E-state index < -0.39 is 5.97 Å². The summed E-state index contributed by atoms with van der Waals surface area (Å²) >= 11 is 5.91. The summed E-state index contributed by atoms with van der Waals surface area (Å²) in [5.41, 5.74) is 2.90. The van der Waals surface area contributed by atoms with Crippen LogP contribution in [0.2, 0.25) is 5.02 Å². The number of hydrogen-bond acceptors (Lipinski definition) is 8. The van der Waals surface area contributed by atoms with Crippen LogP contribution in [-0.2, 0) is 14.3 Å². The maximum atomic E-state index is 12.3. The van der Waals surface area contributed by atoms with Gasteiger partial charge in [-0.15, -0.1) is 0 Å². The smallest absolute Gasteiger partial charge is 0.341 e. The van der Waals surface area contributed by atoms with Gasteiger partial charge in [0, 0.05) is 29.0 Å². The Balaban J connectivity index is 1.67. The fraction of sp³-hybridized carbons (Fsp3) is 0.0769. The van der Waals surface area contributed by atoms with E-state index in [-0.39, 0.29) is 17.0 Å². The van der Waals surface area contributed by atoms with Crippen LogP contribution in [0.1, 0.15) is 11.1 Å². The molecule has 0 fully saturated rings. The van der Waals surface area contributed by atoms with E-state index in [9.17, 15) is 10.1 Å². The first-order chi connectivity index (χ1) is 17.0. The first-order valence-corrected chi connectivity index (χ1v) is 10.6. The molecule has 174 valence electrons. The number of rotatable bonds is 7. The van der Waals surface area contributed by atoms with Crippen LogP contribution in [0.4, 0.5) is 0 Å². The number of methoxy groups -OCH3 is 2. The van der Waals surface area contributed by atoms with E-state index in [0.717, 1.165) is 0 Å². The largest absolute Gasteiger partial charge is 0.503 e. The summed E-state index contributed by atoms with van der Waals surface area (Å²) in [5, 5.41) is 13.9. The van der Waals surface area contributed by atoms with Crippen molar-refractivity contribution in [2.24, 2.45) is 0 Å². The van der Waals surface area contributed by atoms with Crippen LogP contribution in [0.25, 0.3) is 28.2 Å². The molecule has 0 bridgehead atoms. The summed E-state index contributed by atoms with van der Waals surface area (Å²) in [6.07, 6.45) is 2.73. The lowest BCUT2D eigenvalue weighted by molar-refractivity contribution is -0.133. The van der Waals surface area contributed by atoms with Gasteiger partial charge in [0.2, 0.25) is 5.88 Å². The van der Waals surface area contributed by atoms with Crippen LogP contribution in [-0.4, -0.2) is 30.3 Å². The van der Waals surface area contributed by atoms with Gasteiger partial charge in [-0.1, -0.05) is 53.2 Å². The Morgan fingerprint density at radius 1 is 1.11 bits per heavy atom. The van der Waals surface area contributed by atoms with Gasteiger partial charge in [-0.05, 0) is 18.2 Å². The molecule has 0 saturated carbocycles. The molecule has 0 saturated heterocycles. The third-order valence-electron chi connectivity index (χ3n) is 4.92. The van der Waals surface area contributed by atoms with E-state index >= 15 is 0 Å². The van der Waals surface area contributed by atoms with Crippen LogP contribution in [0.5, 0.6) is 11.6 Å². The van der Waals surface area contributed by atoms with E-state index in [1.54, 1.807) is 36.4 Å². The predicted molar refractivity (Wildman–Crippen MR) is 128 cm³/mol. The van der Waals surface area contributed by atoms with Crippen molar-refractivity contribution in [2.75, 3.05) is 14.2 Å². The summed E-state index contributed by atoms with van der Waals surface area (Å²) in [7, 11) is 2.75. The molecule has 2 aromatic carbocycles. The second-order valence-electron chi connectivity index (χ2n) is 7.13. The molecule has 0 aliphatic carbocycles. The average Bonchev–Trinajstić information content (AvgIpc) is 3.38. The minimum absolute atomic E-state index is 0.140. The molecule has 0 spiro atoms. The first-order valence-electron chi connectivity index (χ1n) is 10.3. The lowest BCUT2D eigenvalue weighted by Crippen LogP contribution is -2.05. The van der Waals surface area contributed by atoms with Gasteiger partial charge < -0.3 is 18.7 Å². The molecule has 0 radical (unpaired) electrons. The van der Waals surface area contributed by atoms with Gasteiger partial charge in [0.1, 0.15) is 28.6 Å². The lowest BCUT2D eigenvalue weighted by atomic mass is 9.98. The highest BCUT2D eigenvalue weighted by Crippen LogP contribution is 2.34. The van der Waals surface area contributed by atoms with E-state index in [0.29, 0.717) is 38.9 Å². The molecule has 0 amide bonds. The molecule has 0 atom stereocenters. The quantitative estimate of drug-likeness (QED) is 0.180. The van der Waals surface area contributed by atoms with Crippen LogP contribution in [0.3, 0.4) is 0 Å². The summed E-state index contributed by atoms with van der Waals surface area (Å²) in [5.74, 6) is 0.519. The molecule has 9 heteroatoms. The summed E-state index contributed by atoms with van der Waals surface area (Å²) < 4.78 is 21.4. The van der Waals surface area contributed by atoms with Gasteiger partial charge in [-0.25, -0.2) is 9.78 Å². The maximum absolute atomic E-state index is 12.3. The van der Waals surface area contributed by atoms with Crippen LogP contribution < -0.4 is 4.74 Å². The molecule has 35 heavy (non-hydrogen) atoms. The number of carbonyl (C=O) groups is 1. The number of nitriles is 1. The highest BCUT2D eigenvalue weighted by Gasteiger charge is 2.20. The fourth-order valence-electron chi connectivity index (χ4n) is 3.34. The van der Waals surface area contributed by atoms with Crippen molar-refractivity contribution in [2.45, 2.75) is 0 Å². The molecule has 0 unspecified atom stereocenters. The molecule has 2 aromatic heterocycles. The van der Waals surface area contributed by atoms with Gasteiger partial charge >= 0.3 is 5.97 Å². The lowest BCUT2D eigenvalue weighted by Gasteiger charge is -2.09. The summed E-state index contributed by atoms with van der Waals surface area (Å²) in [4.78, 5) is 16.4. The minimum Gasteiger partial charge on any atom is -0.503 e. The van der Waals surface area contributed by atoms with Crippen LogP contribution >= 0.6 is 11.6 Å². The molecule has 4 rings (SSSR count). The predicted octanol–water partition coefficient (Wildman–Crippen LogP) is 5.88. The van der Waals surface area contributed by atoms with E-state index in [1.165, 1.54) is 32.7 Å². The Hall–Kier alpha value is -4.61. The van der Waals surface area contributed by atoms with Crippen molar-refractivity contribution >= 4 is 23.1 Å². The number of esters is 1. The minimum atomic E-state index is -0.541. The molecule has 0 aliphatic rings. The second kappa shape index (κ2) is 10.5. The van der Waals surface area contributed by atoms with Crippen molar-refractivity contribution in [1.82, 2.24) is 10.1 Å². The van der Waals surface area contributed by atoms with Crippen molar-refractivity contribution < 1.29 is 23.5 Å². The highest BCUT2D eigenvalue weighted by atomic mass is 35.5. The Morgan fingerprint density at radius 2 is 1.94 bits per heavy atom. The number of carbonyl (C=O) groups excluding carboxylic acids is 1. The summed E-state index contributed by atoms with van der Waals surface area (Å²) in [6.45, 7) is 0. The maximum Gasteiger partial charge on any atom is 0.341 e. The van der Waals surface area contributed by atoms with E-state index in [2.05, 4.69) is 10.1 Å². The van der Waals surface area contributed by atoms with Gasteiger partial charge in [0.25, 0.3) is 0 Å². The van der Waals surface area contributed by atoms with Gasteiger partial charge in [-0.3, -0.25) is 0 Å². The van der Waals surface area contributed by atoms with Crippen molar-refractivity contribution in [1.29, 1.82) is 5.26 Å². The van der Waals surface area contributed by atoms with Crippen molar-refractivity contribution in [3.05, 3.63) is 89.3 Å². The topological polar surface area (TPSA) is 107 Å². The number of benzene rings is 2. The number of halogens is 1. The normalized spacial score (nSPS) is 11.0. The Morgan fingerprint density at radius 3 is 2.71 bits per heavy atom. The van der Waals surface area contributed by atoms with E-state index in [4.69, 9.17) is 30.3 Å². The monoisotopic (exact) mass is 487 g/mol. The van der Waals surface area contributed by atoms with Gasteiger partial charge in [0.15, 0.2) is 5.76 Å². The van der Waals surface area contributed by atoms with Crippen molar-refractivity contribution in [3.8, 4) is 40.3 Å².